The molecule has 8 fully saturated rings. The molecule has 32 heavy (non-hydrogen) atoms. The van der Waals surface area contributed by atoms with E-state index < -0.39 is 0 Å². The van der Waals surface area contributed by atoms with Crippen molar-refractivity contribution in [2.45, 2.75) is 108 Å². The standard InChI is InChI=1S/C31H45P/c1-31(2,3)28-6-4-19(5-7-28)18-32(29-24-10-20-8-21(12-24)13-25(29)11-20)30-26-14-22-9-23(16-26)17-27(30)15-22/h4-7,20-27,29-30H,8-18H2,1-3H3. The Hall–Kier alpha value is -0.350. The van der Waals surface area contributed by atoms with Gasteiger partial charge in [-0.05, 0) is 146 Å². The highest BCUT2D eigenvalue weighted by Gasteiger charge is 2.56. The van der Waals surface area contributed by atoms with Crippen LogP contribution in [0.2, 0.25) is 0 Å². The molecule has 9 rings (SSSR count). The molecule has 0 nitrogen and oxygen atoms in total. The van der Waals surface area contributed by atoms with E-state index in [4.69, 9.17) is 0 Å². The molecule has 8 aliphatic carbocycles. The van der Waals surface area contributed by atoms with Gasteiger partial charge in [0.15, 0.2) is 0 Å². The Balaban J connectivity index is 1.22. The van der Waals surface area contributed by atoms with E-state index in [1.165, 1.54) is 11.7 Å². The van der Waals surface area contributed by atoms with Gasteiger partial charge in [0.2, 0.25) is 0 Å². The Bertz CT molecular complexity index is 746. The normalized spacial score (nSPS) is 47.2. The van der Waals surface area contributed by atoms with Crippen molar-refractivity contribution in [3.63, 3.8) is 0 Å². The summed E-state index contributed by atoms with van der Waals surface area (Å²) < 4.78 is 0. The molecule has 8 bridgehead atoms. The van der Waals surface area contributed by atoms with Crippen LogP contribution in [-0.4, -0.2) is 11.3 Å². The summed E-state index contributed by atoms with van der Waals surface area (Å²) in [5.74, 6) is 8.94. The molecule has 0 aromatic heterocycles. The zero-order valence-electron chi connectivity index (χ0n) is 20.8. The van der Waals surface area contributed by atoms with Gasteiger partial charge < -0.3 is 0 Å². The Morgan fingerprint density at radius 2 is 0.969 bits per heavy atom. The van der Waals surface area contributed by atoms with Crippen LogP contribution in [0.4, 0.5) is 0 Å². The summed E-state index contributed by atoms with van der Waals surface area (Å²) in [6, 6.07) is 10.0. The maximum absolute atomic E-state index is 2.54. The summed E-state index contributed by atoms with van der Waals surface area (Å²) in [6.45, 7) is 7.08. The van der Waals surface area contributed by atoms with Gasteiger partial charge in [-0.15, -0.1) is 0 Å². The molecular formula is C31H45P. The van der Waals surface area contributed by atoms with Crippen molar-refractivity contribution in [3.8, 4) is 0 Å². The quantitative estimate of drug-likeness (QED) is 0.404. The van der Waals surface area contributed by atoms with Gasteiger partial charge in [-0.2, -0.15) is 0 Å². The van der Waals surface area contributed by atoms with Crippen molar-refractivity contribution in [1.82, 2.24) is 0 Å². The first-order valence-corrected chi connectivity index (χ1v) is 15.9. The first-order valence-electron chi connectivity index (χ1n) is 14.3. The maximum atomic E-state index is 2.54. The van der Waals surface area contributed by atoms with E-state index in [9.17, 15) is 0 Å². The third kappa shape index (κ3) is 3.48. The average molecular weight is 449 g/mol. The van der Waals surface area contributed by atoms with E-state index in [0.29, 0.717) is 0 Å². The molecule has 1 heteroatoms. The highest BCUT2D eigenvalue weighted by atomic mass is 31.1. The van der Waals surface area contributed by atoms with Gasteiger partial charge in [-0.3, -0.25) is 0 Å². The van der Waals surface area contributed by atoms with Crippen LogP contribution >= 0.6 is 7.92 Å². The molecule has 0 spiro atoms. The molecule has 0 aliphatic heterocycles. The summed E-state index contributed by atoms with van der Waals surface area (Å²) in [7, 11) is 0.126. The van der Waals surface area contributed by atoms with Crippen LogP contribution < -0.4 is 0 Å². The van der Waals surface area contributed by atoms with Crippen molar-refractivity contribution in [1.29, 1.82) is 0 Å². The number of rotatable bonds is 4. The predicted octanol–water partition coefficient (Wildman–Crippen LogP) is 8.62. The van der Waals surface area contributed by atoms with Gasteiger partial charge in [0.1, 0.15) is 0 Å². The molecule has 174 valence electrons. The van der Waals surface area contributed by atoms with Crippen molar-refractivity contribution >= 4 is 7.92 Å². The Kier molecular flexibility index (Phi) is 4.96. The van der Waals surface area contributed by atoms with Crippen LogP contribution in [0.1, 0.15) is 96.1 Å². The summed E-state index contributed by atoms with van der Waals surface area (Å²) >= 11 is 0. The summed E-state index contributed by atoms with van der Waals surface area (Å²) in [6.07, 6.45) is 17.6. The van der Waals surface area contributed by atoms with Gasteiger partial charge in [0.25, 0.3) is 0 Å². The minimum Gasteiger partial charge on any atom is -0.0947 e. The third-order valence-corrected chi connectivity index (χ3v) is 15.3. The summed E-state index contributed by atoms with van der Waals surface area (Å²) in [4.78, 5) is 0. The zero-order chi connectivity index (χ0) is 21.6. The average Bonchev–Trinajstić information content (AvgIpc) is 2.72. The highest BCUT2D eigenvalue weighted by Crippen LogP contribution is 2.71. The molecule has 0 saturated heterocycles. The maximum Gasteiger partial charge on any atom is -0.00677 e. The second-order valence-electron chi connectivity index (χ2n) is 14.5. The van der Waals surface area contributed by atoms with Gasteiger partial charge >= 0.3 is 0 Å². The molecule has 0 radical (unpaired) electrons. The lowest BCUT2D eigenvalue weighted by Crippen LogP contribution is -2.52. The smallest absolute Gasteiger partial charge is 0.00677 e. The monoisotopic (exact) mass is 448 g/mol. The largest absolute Gasteiger partial charge is 0.0947 e. The van der Waals surface area contributed by atoms with Crippen LogP contribution in [0.25, 0.3) is 0 Å². The van der Waals surface area contributed by atoms with Gasteiger partial charge in [-0.1, -0.05) is 53.0 Å². The van der Waals surface area contributed by atoms with Crippen LogP contribution in [-0.2, 0) is 11.6 Å². The van der Waals surface area contributed by atoms with Crippen LogP contribution in [0.5, 0.6) is 0 Å². The van der Waals surface area contributed by atoms with E-state index in [-0.39, 0.29) is 13.3 Å². The lowest BCUT2D eigenvalue weighted by Gasteiger charge is -2.62. The van der Waals surface area contributed by atoms with Crippen molar-refractivity contribution in [2.24, 2.45) is 47.3 Å². The van der Waals surface area contributed by atoms with Gasteiger partial charge in [0, 0.05) is 0 Å². The molecular weight excluding hydrogens is 403 g/mol. The minimum atomic E-state index is 0.126. The molecule has 8 aliphatic rings. The fraction of sp³-hybridized carbons (Fsp3) is 0.806. The van der Waals surface area contributed by atoms with E-state index >= 15 is 0 Å². The molecule has 0 unspecified atom stereocenters. The first-order chi connectivity index (χ1) is 15.4. The van der Waals surface area contributed by atoms with E-state index in [1.807, 2.05) is 0 Å². The molecule has 8 saturated carbocycles. The van der Waals surface area contributed by atoms with Crippen LogP contribution in [0, 0.1) is 47.3 Å². The molecule has 0 heterocycles. The minimum absolute atomic E-state index is 0.126. The van der Waals surface area contributed by atoms with Gasteiger partial charge in [-0.25, -0.2) is 0 Å². The van der Waals surface area contributed by atoms with Crippen molar-refractivity contribution < 1.29 is 0 Å². The van der Waals surface area contributed by atoms with Crippen molar-refractivity contribution in [2.75, 3.05) is 0 Å². The Labute approximate surface area is 198 Å². The molecule has 1 aromatic rings. The lowest BCUT2D eigenvalue weighted by atomic mass is 9.55. The van der Waals surface area contributed by atoms with Gasteiger partial charge in [0.05, 0.1) is 0 Å². The Morgan fingerprint density at radius 3 is 1.31 bits per heavy atom. The summed E-state index contributed by atoms with van der Waals surface area (Å²) in [5.41, 5.74) is 5.72. The second kappa shape index (κ2) is 7.57. The first kappa shape index (κ1) is 21.0. The van der Waals surface area contributed by atoms with E-state index in [2.05, 4.69) is 45.0 Å². The lowest BCUT2D eigenvalue weighted by molar-refractivity contribution is 0.0129. The fourth-order valence-corrected chi connectivity index (χ4v) is 15.2. The Morgan fingerprint density at radius 1 is 0.594 bits per heavy atom. The summed E-state index contributed by atoms with van der Waals surface area (Å²) in [5, 5.41) is 0. The highest BCUT2D eigenvalue weighted by molar-refractivity contribution is 7.58. The van der Waals surface area contributed by atoms with Crippen LogP contribution in [0.15, 0.2) is 24.3 Å². The predicted molar refractivity (Wildman–Crippen MR) is 137 cm³/mol. The van der Waals surface area contributed by atoms with E-state index in [0.717, 1.165) is 58.7 Å². The number of hydrogen-bond donors (Lipinski definition) is 0. The fourth-order valence-electron chi connectivity index (χ4n) is 10.6. The van der Waals surface area contributed by atoms with Crippen molar-refractivity contribution in [3.05, 3.63) is 35.4 Å². The second-order valence-corrected chi connectivity index (χ2v) is 17.0. The number of hydrogen-bond acceptors (Lipinski definition) is 0. The molecule has 0 amide bonds. The topological polar surface area (TPSA) is 0 Å². The van der Waals surface area contributed by atoms with Crippen LogP contribution in [0.3, 0.4) is 0 Å². The van der Waals surface area contributed by atoms with E-state index in [1.54, 1.807) is 69.8 Å². The third-order valence-electron chi connectivity index (χ3n) is 11.3. The number of benzene rings is 1. The molecule has 1 aromatic carbocycles. The zero-order valence-corrected chi connectivity index (χ0v) is 21.7. The SMILES string of the molecule is CC(C)(C)c1ccc(CP(C2C3CC4CC(C3)CC2C4)C2C3CC4CC(C3)CC2C4)cc1. The molecule has 0 N–H and O–H groups in total. The molecule has 0 atom stereocenters.